The average Bonchev–Trinajstić information content (AvgIpc) is 2.94. The van der Waals surface area contributed by atoms with E-state index in [0.717, 1.165) is 0 Å². The average molecular weight is 351 g/mol. The van der Waals surface area contributed by atoms with Crippen LogP contribution >= 0.6 is 0 Å². The highest BCUT2D eigenvalue weighted by atomic mass is 28.3. The monoisotopic (exact) mass is 350 g/mol. The molecule has 0 amide bonds. The Hall–Kier alpha value is -1.84. The third-order valence-corrected chi connectivity index (χ3v) is 9.53. The van der Waals surface area contributed by atoms with Crippen molar-refractivity contribution in [1.82, 2.24) is 9.88 Å². The molecule has 3 rings (SSSR count). The lowest BCUT2D eigenvalue weighted by Gasteiger charge is -2.40. The summed E-state index contributed by atoms with van der Waals surface area (Å²) in [6.45, 7) is 9.31. The summed E-state index contributed by atoms with van der Waals surface area (Å²) in [6, 6.07) is 19.9. The van der Waals surface area contributed by atoms with E-state index in [1.165, 1.54) is 22.0 Å². The van der Waals surface area contributed by atoms with Crippen molar-refractivity contribution in [1.29, 1.82) is 0 Å². The lowest BCUT2D eigenvalue weighted by atomic mass is 10.1. The highest BCUT2D eigenvalue weighted by Gasteiger charge is 2.44. The zero-order valence-electron chi connectivity index (χ0n) is 16.3. The Labute approximate surface area is 153 Å². The summed E-state index contributed by atoms with van der Waals surface area (Å²) in [7, 11) is 2.27. The van der Waals surface area contributed by atoms with E-state index in [2.05, 4.69) is 112 Å². The van der Waals surface area contributed by atoms with Gasteiger partial charge < -0.3 is 9.88 Å². The van der Waals surface area contributed by atoms with Gasteiger partial charge in [0.1, 0.15) is 0 Å². The highest BCUT2D eigenvalue weighted by Crippen LogP contribution is 2.41. The van der Waals surface area contributed by atoms with E-state index in [4.69, 9.17) is 0 Å². The Morgan fingerprint density at radius 3 is 2.12 bits per heavy atom. The number of nitrogens with zero attached hydrogens (tertiary/aromatic N) is 1. The molecule has 0 heterocycles. The van der Waals surface area contributed by atoms with Gasteiger partial charge in [0.15, 0.2) is 8.24 Å². The summed E-state index contributed by atoms with van der Waals surface area (Å²) >= 11 is 0. The minimum atomic E-state index is -2.02. The number of fused-ring (bicyclic) bond motifs is 1. The number of hydrogen-bond donors (Lipinski definition) is 1. The van der Waals surface area contributed by atoms with E-state index in [1.807, 2.05) is 0 Å². The normalized spacial score (nSPS) is 19.1. The summed E-state index contributed by atoms with van der Waals surface area (Å²) in [6.07, 6.45) is 2.49. The molecule has 2 nitrogen and oxygen atoms in total. The molecular weight excluding hydrogens is 320 g/mol. The standard InChI is InChI=1S/C22H30N2Si/c1-22(2,3)23-25(6,17-12-8-7-9-13-17)21-16-20(24(4)5)18-14-10-11-15-19(18)21/h7-16,21,23H,1-6H3/t21?,25-/m1/s1. The van der Waals surface area contributed by atoms with Crippen LogP contribution in [0.15, 0.2) is 60.7 Å². The molecule has 132 valence electrons. The fourth-order valence-electron chi connectivity index (χ4n) is 4.10. The predicted molar refractivity (Wildman–Crippen MR) is 111 cm³/mol. The quantitative estimate of drug-likeness (QED) is 0.835. The zero-order chi connectivity index (χ0) is 18.2. The van der Waals surface area contributed by atoms with Gasteiger partial charge in [-0.3, -0.25) is 0 Å². The molecule has 0 fully saturated rings. The van der Waals surface area contributed by atoms with E-state index < -0.39 is 8.24 Å². The SMILES string of the molecule is CN(C)C1=CC([Si@](C)(NC(C)(C)C)c2ccccc2)c2ccccc21. The van der Waals surface area contributed by atoms with Crippen molar-refractivity contribution in [3.05, 3.63) is 71.8 Å². The van der Waals surface area contributed by atoms with Crippen LogP contribution < -0.4 is 10.2 Å². The Bertz CT molecular complexity index is 774. The maximum atomic E-state index is 4.07. The van der Waals surface area contributed by atoms with Gasteiger partial charge in [0.05, 0.1) is 0 Å². The van der Waals surface area contributed by atoms with Crippen LogP contribution in [0.4, 0.5) is 0 Å². The maximum absolute atomic E-state index is 4.07. The van der Waals surface area contributed by atoms with Crippen LogP contribution in [0.1, 0.15) is 37.4 Å². The van der Waals surface area contributed by atoms with Crippen molar-refractivity contribution in [2.75, 3.05) is 14.1 Å². The van der Waals surface area contributed by atoms with Crippen LogP contribution in [0, 0.1) is 0 Å². The molecule has 1 aliphatic carbocycles. The van der Waals surface area contributed by atoms with E-state index in [1.54, 1.807) is 0 Å². The van der Waals surface area contributed by atoms with Crippen LogP contribution in [0.5, 0.6) is 0 Å². The molecule has 2 atom stereocenters. The first-order chi connectivity index (χ1) is 11.7. The number of rotatable bonds is 4. The van der Waals surface area contributed by atoms with Crippen LogP contribution in [0.3, 0.4) is 0 Å². The largest absolute Gasteiger partial charge is 0.377 e. The van der Waals surface area contributed by atoms with Gasteiger partial charge in [-0.2, -0.15) is 0 Å². The number of allylic oxidation sites excluding steroid dienone is 1. The molecule has 0 aliphatic heterocycles. The van der Waals surface area contributed by atoms with Gasteiger partial charge in [-0.1, -0.05) is 67.2 Å². The Kier molecular flexibility index (Phi) is 4.65. The van der Waals surface area contributed by atoms with Gasteiger partial charge in [0, 0.05) is 36.4 Å². The minimum absolute atomic E-state index is 0.0699. The first-order valence-electron chi connectivity index (χ1n) is 9.06. The molecule has 25 heavy (non-hydrogen) atoms. The second kappa shape index (κ2) is 6.47. The summed E-state index contributed by atoms with van der Waals surface area (Å²) < 4.78 is 0. The molecule has 0 saturated carbocycles. The fourth-order valence-corrected chi connectivity index (χ4v) is 8.57. The molecule has 3 heteroatoms. The van der Waals surface area contributed by atoms with Crippen molar-refractivity contribution in [2.45, 2.75) is 38.4 Å². The summed E-state index contributed by atoms with van der Waals surface area (Å²) in [5.41, 5.74) is 4.66. The lowest BCUT2D eigenvalue weighted by molar-refractivity contribution is 0.511. The van der Waals surface area contributed by atoms with E-state index in [9.17, 15) is 0 Å². The van der Waals surface area contributed by atoms with Crippen LogP contribution in [0.2, 0.25) is 6.55 Å². The number of nitrogens with one attached hydrogen (secondary N) is 1. The molecule has 0 saturated heterocycles. The zero-order valence-corrected chi connectivity index (χ0v) is 17.3. The van der Waals surface area contributed by atoms with Crippen LogP contribution in [-0.2, 0) is 0 Å². The molecular formula is C22H30N2Si. The Morgan fingerprint density at radius 2 is 1.52 bits per heavy atom. The Balaban J connectivity index is 2.18. The molecule has 1 unspecified atom stereocenters. The summed E-state index contributed by atoms with van der Waals surface area (Å²) in [5.74, 6) is 0. The van der Waals surface area contributed by atoms with E-state index >= 15 is 0 Å². The summed E-state index contributed by atoms with van der Waals surface area (Å²) in [4.78, 5) is 6.31. The third kappa shape index (κ3) is 3.44. The minimum Gasteiger partial charge on any atom is -0.377 e. The molecule has 2 aromatic carbocycles. The van der Waals surface area contributed by atoms with Gasteiger partial charge >= 0.3 is 0 Å². The van der Waals surface area contributed by atoms with Gasteiger partial charge in [0.25, 0.3) is 0 Å². The van der Waals surface area contributed by atoms with Gasteiger partial charge in [-0.25, -0.2) is 0 Å². The first kappa shape index (κ1) is 18.0. The van der Waals surface area contributed by atoms with Crippen molar-refractivity contribution in [3.63, 3.8) is 0 Å². The second-order valence-corrected chi connectivity index (χ2v) is 12.3. The van der Waals surface area contributed by atoms with Crippen molar-refractivity contribution in [3.8, 4) is 0 Å². The molecule has 2 aromatic rings. The molecule has 0 radical (unpaired) electrons. The summed E-state index contributed by atoms with van der Waals surface area (Å²) in [5, 5.41) is 1.46. The first-order valence-corrected chi connectivity index (χ1v) is 11.6. The second-order valence-electron chi connectivity index (χ2n) is 8.45. The maximum Gasteiger partial charge on any atom is 0.166 e. The van der Waals surface area contributed by atoms with Crippen molar-refractivity contribution in [2.24, 2.45) is 0 Å². The molecule has 1 aliphatic rings. The Morgan fingerprint density at radius 1 is 0.920 bits per heavy atom. The molecule has 0 bridgehead atoms. The topological polar surface area (TPSA) is 15.3 Å². The van der Waals surface area contributed by atoms with Crippen LogP contribution in [0.25, 0.3) is 5.70 Å². The smallest absolute Gasteiger partial charge is 0.166 e. The molecule has 0 aromatic heterocycles. The van der Waals surface area contributed by atoms with Gasteiger partial charge in [-0.15, -0.1) is 0 Å². The van der Waals surface area contributed by atoms with Crippen molar-refractivity contribution < 1.29 is 0 Å². The van der Waals surface area contributed by atoms with Crippen molar-refractivity contribution >= 4 is 19.1 Å². The van der Waals surface area contributed by atoms with Crippen LogP contribution in [-0.4, -0.2) is 32.8 Å². The molecule has 0 spiro atoms. The molecule has 1 N–H and O–H groups in total. The van der Waals surface area contributed by atoms with Gasteiger partial charge in [-0.05, 0) is 31.5 Å². The highest BCUT2D eigenvalue weighted by molar-refractivity contribution is 6.90. The lowest BCUT2D eigenvalue weighted by Crippen LogP contribution is -2.66. The van der Waals surface area contributed by atoms with E-state index in [0.29, 0.717) is 5.54 Å². The van der Waals surface area contributed by atoms with Gasteiger partial charge in [0.2, 0.25) is 0 Å². The third-order valence-electron chi connectivity index (χ3n) is 5.01. The van der Waals surface area contributed by atoms with E-state index in [-0.39, 0.29) is 5.54 Å². The predicted octanol–water partition coefficient (Wildman–Crippen LogP) is 4.10. The number of benzene rings is 2. The number of hydrogen-bond acceptors (Lipinski definition) is 2. The fraction of sp³-hybridized carbons (Fsp3) is 0.364.